The predicted molar refractivity (Wildman–Crippen MR) is 64.9 cm³/mol. The summed E-state index contributed by atoms with van der Waals surface area (Å²) in [6.07, 6.45) is 5.60. The number of urea groups is 1. The van der Waals surface area contributed by atoms with Gasteiger partial charge in [-0.3, -0.25) is 4.79 Å². The van der Waals surface area contributed by atoms with E-state index in [1.807, 2.05) is 0 Å². The minimum atomic E-state index is -0.816. The maximum atomic E-state index is 11.6. The van der Waals surface area contributed by atoms with Crippen LogP contribution < -0.4 is 5.32 Å². The first-order valence-electron chi connectivity index (χ1n) is 6.30. The van der Waals surface area contributed by atoms with Crippen LogP contribution in [0, 0.1) is 5.92 Å². The van der Waals surface area contributed by atoms with Crippen LogP contribution in [0.1, 0.15) is 38.5 Å². The molecule has 0 aromatic heterocycles. The third kappa shape index (κ3) is 5.56. The van der Waals surface area contributed by atoms with Crippen LogP contribution in [0.5, 0.6) is 0 Å². The molecule has 0 aromatic carbocycles. The van der Waals surface area contributed by atoms with Crippen LogP contribution in [0.2, 0.25) is 0 Å². The molecule has 1 aliphatic rings. The molecule has 1 aliphatic carbocycles. The highest BCUT2D eigenvalue weighted by molar-refractivity contribution is 5.73. The van der Waals surface area contributed by atoms with Crippen LogP contribution >= 0.6 is 0 Å². The fraction of sp³-hybridized carbons (Fsp3) is 0.833. The summed E-state index contributed by atoms with van der Waals surface area (Å²) in [4.78, 5) is 23.4. The van der Waals surface area contributed by atoms with Gasteiger partial charge in [0.1, 0.15) is 0 Å². The second-order valence-electron chi connectivity index (χ2n) is 4.74. The summed E-state index contributed by atoms with van der Waals surface area (Å²) in [6, 6.07) is -0.102. The molecule has 5 heteroatoms. The van der Waals surface area contributed by atoms with Gasteiger partial charge in [0.05, 0.1) is 0 Å². The number of carbonyl (C=O) groups excluding carboxylic acids is 1. The Balaban J connectivity index is 2.02. The van der Waals surface area contributed by atoms with Gasteiger partial charge in [-0.25, -0.2) is 4.79 Å². The van der Waals surface area contributed by atoms with Gasteiger partial charge in [0, 0.05) is 26.6 Å². The largest absolute Gasteiger partial charge is 0.481 e. The molecule has 1 rings (SSSR count). The van der Waals surface area contributed by atoms with Crippen LogP contribution in [-0.2, 0) is 4.79 Å². The Bertz CT molecular complexity index is 264. The average molecular weight is 242 g/mol. The van der Waals surface area contributed by atoms with Gasteiger partial charge in [-0.1, -0.05) is 19.3 Å². The molecule has 1 saturated carbocycles. The van der Waals surface area contributed by atoms with Crippen molar-refractivity contribution in [3.05, 3.63) is 0 Å². The molecule has 0 atom stereocenters. The van der Waals surface area contributed by atoms with Crippen LogP contribution in [0.25, 0.3) is 0 Å². The van der Waals surface area contributed by atoms with Gasteiger partial charge in [0.15, 0.2) is 0 Å². The summed E-state index contributed by atoms with van der Waals surface area (Å²) in [5.41, 5.74) is 0. The van der Waals surface area contributed by atoms with Crippen molar-refractivity contribution in [1.82, 2.24) is 10.2 Å². The number of amides is 2. The number of aliphatic carboxylic acids is 1. The van der Waals surface area contributed by atoms with Crippen molar-refractivity contribution >= 4 is 12.0 Å². The van der Waals surface area contributed by atoms with Crippen molar-refractivity contribution in [2.75, 3.05) is 20.1 Å². The van der Waals surface area contributed by atoms with Crippen molar-refractivity contribution in [1.29, 1.82) is 0 Å². The SMILES string of the molecule is CN(CCCC(=O)O)C(=O)NCCC1CCC1. The summed E-state index contributed by atoms with van der Waals surface area (Å²) in [7, 11) is 1.69. The summed E-state index contributed by atoms with van der Waals surface area (Å²) < 4.78 is 0. The summed E-state index contributed by atoms with van der Waals surface area (Å²) in [5.74, 6) is -0.0172. The Hall–Kier alpha value is -1.26. The number of hydrogen-bond acceptors (Lipinski definition) is 2. The molecule has 98 valence electrons. The minimum absolute atomic E-state index is 0.102. The summed E-state index contributed by atoms with van der Waals surface area (Å²) in [6.45, 7) is 1.22. The van der Waals surface area contributed by atoms with Gasteiger partial charge in [-0.05, 0) is 18.8 Å². The molecule has 5 nitrogen and oxygen atoms in total. The lowest BCUT2D eigenvalue weighted by atomic mass is 9.83. The fourth-order valence-electron chi connectivity index (χ4n) is 1.87. The quantitative estimate of drug-likeness (QED) is 0.713. The molecular weight excluding hydrogens is 220 g/mol. The zero-order valence-corrected chi connectivity index (χ0v) is 10.4. The number of carboxylic acid groups (broad SMARTS) is 1. The van der Waals surface area contributed by atoms with E-state index >= 15 is 0 Å². The van der Waals surface area contributed by atoms with Crippen LogP contribution in [0.3, 0.4) is 0 Å². The molecule has 17 heavy (non-hydrogen) atoms. The van der Waals surface area contributed by atoms with E-state index in [1.54, 1.807) is 11.9 Å². The first kappa shape index (κ1) is 13.8. The lowest BCUT2D eigenvalue weighted by Crippen LogP contribution is -2.39. The molecular formula is C12H22N2O3. The maximum Gasteiger partial charge on any atom is 0.317 e. The molecule has 0 aliphatic heterocycles. The van der Waals surface area contributed by atoms with E-state index < -0.39 is 5.97 Å². The van der Waals surface area contributed by atoms with E-state index in [0.717, 1.165) is 18.9 Å². The fourth-order valence-corrected chi connectivity index (χ4v) is 1.87. The molecule has 0 saturated heterocycles. The van der Waals surface area contributed by atoms with Crippen LogP contribution in [-0.4, -0.2) is 42.1 Å². The van der Waals surface area contributed by atoms with Crippen molar-refractivity contribution in [2.24, 2.45) is 5.92 Å². The molecule has 0 bridgehead atoms. The van der Waals surface area contributed by atoms with E-state index in [0.29, 0.717) is 13.0 Å². The second kappa shape index (κ2) is 7.14. The van der Waals surface area contributed by atoms with Crippen molar-refractivity contribution < 1.29 is 14.7 Å². The third-order valence-corrected chi connectivity index (χ3v) is 3.28. The average Bonchev–Trinajstić information content (AvgIpc) is 2.20. The Labute approximate surface area is 102 Å². The first-order valence-corrected chi connectivity index (χ1v) is 6.30. The Morgan fingerprint density at radius 3 is 2.65 bits per heavy atom. The molecule has 0 spiro atoms. The Kier molecular flexibility index (Phi) is 5.80. The Morgan fingerprint density at radius 1 is 1.41 bits per heavy atom. The molecule has 2 amide bonds. The normalized spacial score (nSPS) is 15.1. The van der Waals surface area contributed by atoms with Gasteiger partial charge in [0.2, 0.25) is 0 Å². The van der Waals surface area contributed by atoms with E-state index in [2.05, 4.69) is 5.32 Å². The number of nitrogens with one attached hydrogen (secondary N) is 1. The smallest absolute Gasteiger partial charge is 0.317 e. The monoisotopic (exact) mass is 242 g/mol. The standard InChI is InChI=1S/C12H22N2O3/c1-14(9-3-6-11(15)16)12(17)13-8-7-10-4-2-5-10/h10H,2-9H2,1H3,(H,13,17)(H,15,16). The Morgan fingerprint density at radius 2 is 2.12 bits per heavy atom. The van der Waals surface area contributed by atoms with E-state index in [-0.39, 0.29) is 12.5 Å². The van der Waals surface area contributed by atoms with Crippen LogP contribution in [0.15, 0.2) is 0 Å². The summed E-state index contributed by atoms with van der Waals surface area (Å²) >= 11 is 0. The van der Waals surface area contributed by atoms with Crippen molar-refractivity contribution in [2.45, 2.75) is 38.5 Å². The van der Waals surface area contributed by atoms with Gasteiger partial charge in [0.25, 0.3) is 0 Å². The van der Waals surface area contributed by atoms with Gasteiger partial charge >= 0.3 is 12.0 Å². The topological polar surface area (TPSA) is 69.6 Å². The van der Waals surface area contributed by atoms with Gasteiger partial charge in [-0.15, -0.1) is 0 Å². The first-order chi connectivity index (χ1) is 8.09. The number of rotatable bonds is 7. The molecule has 0 aromatic rings. The van der Waals surface area contributed by atoms with Crippen LogP contribution in [0.4, 0.5) is 4.79 Å². The predicted octanol–water partition coefficient (Wildman–Crippen LogP) is 1.68. The van der Waals surface area contributed by atoms with E-state index in [9.17, 15) is 9.59 Å². The lowest BCUT2D eigenvalue weighted by molar-refractivity contribution is -0.137. The van der Waals surface area contributed by atoms with E-state index in [4.69, 9.17) is 5.11 Å². The number of carbonyl (C=O) groups is 2. The second-order valence-corrected chi connectivity index (χ2v) is 4.74. The highest BCUT2D eigenvalue weighted by Crippen LogP contribution is 2.28. The van der Waals surface area contributed by atoms with Crippen molar-refractivity contribution in [3.63, 3.8) is 0 Å². The van der Waals surface area contributed by atoms with Crippen molar-refractivity contribution in [3.8, 4) is 0 Å². The zero-order chi connectivity index (χ0) is 12.7. The minimum Gasteiger partial charge on any atom is -0.481 e. The van der Waals surface area contributed by atoms with Gasteiger partial charge in [-0.2, -0.15) is 0 Å². The highest BCUT2D eigenvalue weighted by Gasteiger charge is 2.17. The lowest BCUT2D eigenvalue weighted by Gasteiger charge is -2.25. The number of nitrogens with zero attached hydrogens (tertiary/aromatic N) is 1. The molecule has 2 N–H and O–H groups in total. The molecule has 0 heterocycles. The third-order valence-electron chi connectivity index (χ3n) is 3.28. The van der Waals surface area contributed by atoms with Gasteiger partial charge < -0.3 is 15.3 Å². The molecule has 0 unspecified atom stereocenters. The molecule has 0 radical (unpaired) electrons. The summed E-state index contributed by atoms with van der Waals surface area (Å²) in [5, 5.41) is 11.3. The zero-order valence-electron chi connectivity index (χ0n) is 10.4. The molecule has 1 fully saturated rings. The number of hydrogen-bond donors (Lipinski definition) is 2. The van der Waals surface area contributed by atoms with E-state index in [1.165, 1.54) is 19.3 Å². The maximum absolute atomic E-state index is 11.6. The highest BCUT2D eigenvalue weighted by atomic mass is 16.4. The number of carboxylic acids is 1.